The van der Waals surface area contributed by atoms with E-state index in [1.54, 1.807) is 0 Å². The fraction of sp³-hybridized carbons (Fsp3) is 1.00. The van der Waals surface area contributed by atoms with E-state index in [-0.39, 0.29) is 0 Å². The third-order valence-corrected chi connectivity index (χ3v) is 4.13. The van der Waals surface area contributed by atoms with Crippen molar-refractivity contribution in [1.82, 2.24) is 4.90 Å². The Balaban J connectivity index is 2.44. The van der Waals surface area contributed by atoms with Gasteiger partial charge in [0.05, 0.1) is 0 Å². The van der Waals surface area contributed by atoms with Crippen LogP contribution in [0.15, 0.2) is 0 Å². The molecule has 0 unspecified atom stereocenters. The summed E-state index contributed by atoms with van der Waals surface area (Å²) in [5.74, 6) is 0.933. The summed E-state index contributed by atoms with van der Waals surface area (Å²) in [6.45, 7) is 9.76. The van der Waals surface area contributed by atoms with Gasteiger partial charge in [-0.3, -0.25) is 0 Å². The lowest BCUT2D eigenvalue weighted by Gasteiger charge is -2.38. The molecular formula is C15H31N. The van der Waals surface area contributed by atoms with Gasteiger partial charge in [-0.25, -0.2) is 0 Å². The van der Waals surface area contributed by atoms with Crippen LogP contribution in [0.4, 0.5) is 0 Å². The molecule has 0 aromatic rings. The summed E-state index contributed by atoms with van der Waals surface area (Å²) in [5.41, 5.74) is 0. The monoisotopic (exact) mass is 225 g/mol. The molecule has 1 saturated carbocycles. The molecule has 1 heteroatoms. The Labute approximate surface area is 103 Å². The van der Waals surface area contributed by atoms with Crippen LogP contribution in [0.25, 0.3) is 0 Å². The SMILES string of the molecule is CCCCN(CCCC)[C@H]1CCCC[C@H]1C. The van der Waals surface area contributed by atoms with Crippen molar-refractivity contribution in [3.63, 3.8) is 0 Å². The van der Waals surface area contributed by atoms with E-state index in [0.29, 0.717) is 0 Å². The van der Waals surface area contributed by atoms with Crippen LogP contribution in [0.1, 0.15) is 72.1 Å². The second-order valence-electron chi connectivity index (χ2n) is 5.57. The number of rotatable bonds is 7. The van der Waals surface area contributed by atoms with Crippen LogP contribution in [0, 0.1) is 5.92 Å². The Morgan fingerprint density at radius 3 is 2.00 bits per heavy atom. The molecule has 0 aromatic heterocycles. The van der Waals surface area contributed by atoms with Crippen molar-refractivity contribution in [3.05, 3.63) is 0 Å². The summed E-state index contributed by atoms with van der Waals surface area (Å²) in [6.07, 6.45) is 11.3. The molecule has 0 bridgehead atoms. The summed E-state index contributed by atoms with van der Waals surface area (Å²) in [4.78, 5) is 2.80. The van der Waals surface area contributed by atoms with Crippen molar-refractivity contribution < 1.29 is 0 Å². The van der Waals surface area contributed by atoms with Crippen LogP contribution in [0.2, 0.25) is 0 Å². The van der Waals surface area contributed by atoms with Gasteiger partial charge < -0.3 is 4.90 Å². The predicted octanol–water partition coefficient (Wildman–Crippen LogP) is 4.47. The smallest absolute Gasteiger partial charge is 0.0121 e. The zero-order valence-electron chi connectivity index (χ0n) is 11.7. The Hall–Kier alpha value is -0.0400. The van der Waals surface area contributed by atoms with E-state index in [0.717, 1.165) is 12.0 Å². The van der Waals surface area contributed by atoms with Crippen molar-refractivity contribution in [2.24, 2.45) is 5.92 Å². The molecule has 1 aliphatic rings. The van der Waals surface area contributed by atoms with Gasteiger partial charge in [0, 0.05) is 6.04 Å². The van der Waals surface area contributed by atoms with Crippen LogP contribution >= 0.6 is 0 Å². The first-order chi connectivity index (χ1) is 7.79. The van der Waals surface area contributed by atoms with Crippen LogP contribution in [0.3, 0.4) is 0 Å². The summed E-state index contributed by atoms with van der Waals surface area (Å²) >= 11 is 0. The summed E-state index contributed by atoms with van der Waals surface area (Å²) in [6, 6.07) is 0.895. The maximum Gasteiger partial charge on any atom is 0.0121 e. The average molecular weight is 225 g/mol. The van der Waals surface area contributed by atoms with Crippen LogP contribution in [-0.2, 0) is 0 Å². The number of unbranched alkanes of at least 4 members (excludes halogenated alkanes) is 2. The fourth-order valence-electron chi connectivity index (χ4n) is 3.01. The maximum atomic E-state index is 2.80. The lowest BCUT2D eigenvalue weighted by atomic mass is 9.84. The first kappa shape index (κ1) is 14.0. The molecule has 0 radical (unpaired) electrons. The van der Waals surface area contributed by atoms with Gasteiger partial charge in [0.1, 0.15) is 0 Å². The largest absolute Gasteiger partial charge is 0.300 e. The van der Waals surface area contributed by atoms with E-state index >= 15 is 0 Å². The van der Waals surface area contributed by atoms with Gasteiger partial charge in [0.25, 0.3) is 0 Å². The fourth-order valence-corrected chi connectivity index (χ4v) is 3.01. The van der Waals surface area contributed by atoms with Crippen LogP contribution in [-0.4, -0.2) is 24.0 Å². The van der Waals surface area contributed by atoms with E-state index in [2.05, 4.69) is 25.7 Å². The molecule has 1 fully saturated rings. The molecule has 16 heavy (non-hydrogen) atoms. The first-order valence-corrected chi connectivity index (χ1v) is 7.53. The highest BCUT2D eigenvalue weighted by Crippen LogP contribution is 2.28. The molecule has 0 amide bonds. The van der Waals surface area contributed by atoms with Crippen molar-refractivity contribution in [3.8, 4) is 0 Å². The van der Waals surface area contributed by atoms with Crippen molar-refractivity contribution in [2.75, 3.05) is 13.1 Å². The highest BCUT2D eigenvalue weighted by molar-refractivity contribution is 4.81. The molecule has 2 atom stereocenters. The molecule has 1 aliphatic carbocycles. The molecule has 1 nitrogen and oxygen atoms in total. The lowest BCUT2D eigenvalue weighted by Crippen LogP contribution is -2.42. The Bertz CT molecular complexity index is 159. The summed E-state index contributed by atoms with van der Waals surface area (Å²) in [5, 5.41) is 0. The van der Waals surface area contributed by atoms with Gasteiger partial charge >= 0.3 is 0 Å². The molecule has 1 rings (SSSR count). The lowest BCUT2D eigenvalue weighted by molar-refractivity contribution is 0.108. The van der Waals surface area contributed by atoms with Crippen molar-refractivity contribution in [2.45, 2.75) is 78.2 Å². The molecular weight excluding hydrogens is 194 g/mol. The first-order valence-electron chi connectivity index (χ1n) is 7.53. The maximum absolute atomic E-state index is 2.80. The second kappa shape index (κ2) is 8.11. The number of hydrogen-bond donors (Lipinski definition) is 0. The van der Waals surface area contributed by atoms with E-state index in [1.807, 2.05) is 0 Å². The van der Waals surface area contributed by atoms with Crippen molar-refractivity contribution in [1.29, 1.82) is 0 Å². The third-order valence-electron chi connectivity index (χ3n) is 4.13. The predicted molar refractivity (Wildman–Crippen MR) is 72.8 cm³/mol. The zero-order valence-corrected chi connectivity index (χ0v) is 11.7. The Morgan fingerprint density at radius 1 is 0.938 bits per heavy atom. The molecule has 0 N–H and O–H groups in total. The second-order valence-corrected chi connectivity index (χ2v) is 5.57. The van der Waals surface area contributed by atoms with E-state index in [4.69, 9.17) is 0 Å². The normalized spacial score (nSPS) is 26.2. The highest BCUT2D eigenvalue weighted by Gasteiger charge is 2.26. The van der Waals surface area contributed by atoms with Crippen LogP contribution in [0.5, 0.6) is 0 Å². The van der Waals surface area contributed by atoms with Gasteiger partial charge in [-0.15, -0.1) is 0 Å². The summed E-state index contributed by atoms with van der Waals surface area (Å²) < 4.78 is 0. The average Bonchev–Trinajstić information content (AvgIpc) is 2.31. The number of nitrogens with zero attached hydrogens (tertiary/aromatic N) is 1. The van der Waals surface area contributed by atoms with E-state index < -0.39 is 0 Å². The molecule has 0 aromatic carbocycles. The highest BCUT2D eigenvalue weighted by atomic mass is 15.2. The van der Waals surface area contributed by atoms with Gasteiger partial charge in [-0.1, -0.05) is 46.5 Å². The topological polar surface area (TPSA) is 3.24 Å². The Morgan fingerprint density at radius 2 is 1.50 bits per heavy atom. The minimum Gasteiger partial charge on any atom is -0.300 e. The van der Waals surface area contributed by atoms with Gasteiger partial charge in [0.15, 0.2) is 0 Å². The van der Waals surface area contributed by atoms with Gasteiger partial charge in [-0.05, 0) is 44.7 Å². The van der Waals surface area contributed by atoms with Gasteiger partial charge in [-0.2, -0.15) is 0 Å². The molecule has 0 heterocycles. The third kappa shape index (κ3) is 4.45. The van der Waals surface area contributed by atoms with Crippen LogP contribution < -0.4 is 0 Å². The van der Waals surface area contributed by atoms with Crippen molar-refractivity contribution >= 4 is 0 Å². The summed E-state index contributed by atoms with van der Waals surface area (Å²) in [7, 11) is 0. The molecule has 96 valence electrons. The molecule has 0 aliphatic heterocycles. The number of hydrogen-bond acceptors (Lipinski definition) is 1. The quantitative estimate of drug-likeness (QED) is 0.618. The van der Waals surface area contributed by atoms with E-state index in [9.17, 15) is 0 Å². The zero-order chi connectivity index (χ0) is 11.8. The van der Waals surface area contributed by atoms with E-state index in [1.165, 1.54) is 64.5 Å². The van der Waals surface area contributed by atoms with Gasteiger partial charge in [0.2, 0.25) is 0 Å². The minimum atomic E-state index is 0.895. The molecule has 0 saturated heterocycles. The minimum absolute atomic E-state index is 0.895. The molecule has 0 spiro atoms. The standard InChI is InChI=1S/C15H31N/c1-4-6-12-16(13-7-5-2)15-11-9-8-10-14(15)3/h14-15H,4-13H2,1-3H3/t14-,15+/m1/s1. The Kier molecular flexibility index (Phi) is 7.11.